The third-order valence-electron chi connectivity index (χ3n) is 3.30. The van der Waals surface area contributed by atoms with Gasteiger partial charge in [0.25, 0.3) is 0 Å². The van der Waals surface area contributed by atoms with Crippen LogP contribution in [-0.2, 0) is 4.74 Å². The predicted octanol–water partition coefficient (Wildman–Crippen LogP) is 2.00. The van der Waals surface area contributed by atoms with Gasteiger partial charge in [0.1, 0.15) is 0 Å². The zero-order valence-electron chi connectivity index (χ0n) is 11.1. The highest BCUT2D eigenvalue weighted by molar-refractivity contribution is 4.79. The molecule has 0 aromatic rings. The average Bonchev–Trinajstić information content (AvgIpc) is 2.26. The van der Waals surface area contributed by atoms with E-state index in [-0.39, 0.29) is 0 Å². The molecule has 3 unspecified atom stereocenters. The van der Waals surface area contributed by atoms with Crippen LogP contribution in [0.5, 0.6) is 0 Å². The topological polar surface area (TPSA) is 38.5 Å². The van der Waals surface area contributed by atoms with Crippen LogP contribution < -0.4 is 5.73 Å². The van der Waals surface area contributed by atoms with Gasteiger partial charge in [0.05, 0.1) is 6.10 Å². The number of rotatable bonds is 6. The molecule has 0 saturated carbocycles. The Hall–Kier alpha value is -0.120. The van der Waals surface area contributed by atoms with Crippen LogP contribution in [0.4, 0.5) is 0 Å². The summed E-state index contributed by atoms with van der Waals surface area (Å²) in [5, 5.41) is 0. The molecule has 3 atom stereocenters. The second-order valence-electron chi connectivity index (χ2n) is 5.19. The predicted molar refractivity (Wildman–Crippen MR) is 68.6 cm³/mol. The lowest BCUT2D eigenvalue weighted by atomic mass is 10.0. The summed E-state index contributed by atoms with van der Waals surface area (Å²) in [6.45, 7) is 9.74. The Bertz CT molecular complexity index is 185. The van der Waals surface area contributed by atoms with Gasteiger partial charge in [-0.1, -0.05) is 6.92 Å². The molecule has 1 saturated heterocycles. The Morgan fingerprint density at radius 2 is 2.19 bits per heavy atom. The number of hydrogen-bond acceptors (Lipinski definition) is 3. The first kappa shape index (κ1) is 13.9. The third-order valence-corrected chi connectivity index (χ3v) is 3.30. The van der Waals surface area contributed by atoms with Crippen LogP contribution in [-0.4, -0.2) is 42.8 Å². The Morgan fingerprint density at radius 1 is 1.44 bits per heavy atom. The molecular weight excluding hydrogens is 200 g/mol. The number of nitrogens with two attached hydrogens (primary N) is 1. The van der Waals surface area contributed by atoms with E-state index in [1.165, 1.54) is 19.4 Å². The van der Waals surface area contributed by atoms with E-state index in [0.29, 0.717) is 18.2 Å². The van der Waals surface area contributed by atoms with Crippen molar-refractivity contribution in [1.82, 2.24) is 4.90 Å². The quantitative estimate of drug-likeness (QED) is 0.756. The van der Waals surface area contributed by atoms with E-state index in [2.05, 4.69) is 25.7 Å². The van der Waals surface area contributed by atoms with Gasteiger partial charge in [0.15, 0.2) is 0 Å². The van der Waals surface area contributed by atoms with Gasteiger partial charge < -0.3 is 10.5 Å². The zero-order valence-corrected chi connectivity index (χ0v) is 11.1. The molecule has 3 heteroatoms. The first-order chi connectivity index (χ1) is 7.63. The van der Waals surface area contributed by atoms with Crippen LogP contribution in [0.15, 0.2) is 0 Å². The van der Waals surface area contributed by atoms with E-state index in [4.69, 9.17) is 10.5 Å². The summed E-state index contributed by atoms with van der Waals surface area (Å²) in [6, 6.07) is 0.889. The minimum absolute atomic E-state index is 0.298. The van der Waals surface area contributed by atoms with Gasteiger partial charge >= 0.3 is 0 Å². The second kappa shape index (κ2) is 7.25. The van der Waals surface area contributed by atoms with Gasteiger partial charge in [-0.15, -0.1) is 0 Å². The Morgan fingerprint density at radius 3 is 2.81 bits per heavy atom. The van der Waals surface area contributed by atoms with Crippen molar-refractivity contribution in [3.8, 4) is 0 Å². The van der Waals surface area contributed by atoms with E-state index >= 15 is 0 Å². The molecule has 0 spiro atoms. The summed E-state index contributed by atoms with van der Waals surface area (Å²) < 4.78 is 5.84. The number of piperidine rings is 1. The van der Waals surface area contributed by atoms with E-state index in [9.17, 15) is 0 Å². The highest BCUT2D eigenvalue weighted by atomic mass is 16.5. The van der Waals surface area contributed by atoms with Crippen LogP contribution in [0.3, 0.4) is 0 Å². The average molecular weight is 228 g/mol. The summed E-state index contributed by atoms with van der Waals surface area (Å²) in [6.07, 6.45) is 5.13. The van der Waals surface area contributed by atoms with Gasteiger partial charge in [-0.25, -0.2) is 0 Å². The number of hydrogen-bond donors (Lipinski definition) is 1. The molecule has 1 fully saturated rings. The van der Waals surface area contributed by atoms with E-state index < -0.39 is 0 Å². The van der Waals surface area contributed by atoms with Crippen LogP contribution in [0.25, 0.3) is 0 Å². The van der Waals surface area contributed by atoms with E-state index in [1.807, 2.05) is 0 Å². The molecule has 16 heavy (non-hydrogen) atoms. The maximum Gasteiger partial charge on any atom is 0.0702 e. The van der Waals surface area contributed by atoms with Crippen molar-refractivity contribution in [3.05, 3.63) is 0 Å². The fourth-order valence-electron chi connectivity index (χ4n) is 2.47. The molecule has 96 valence electrons. The zero-order chi connectivity index (χ0) is 12.0. The summed E-state index contributed by atoms with van der Waals surface area (Å²) in [5.41, 5.74) is 5.86. The van der Waals surface area contributed by atoms with Gasteiger partial charge in [0, 0.05) is 25.2 Å². The Balaban J connectivity index is 2.31. The molecule has 0 aliphatic carbocycles. The summed E-state index contributed by atoms with van der Waals surface area (Å²) in [5.74, 6) is 0. The minimum Gasteiger partial charge on any atom is -0.377 e. The molecule has 0 bridgehead atoms. The van der Waals surface area contributed by atoms with E-state index in [0.717, 1.165) is 26.0 Å². The van der Waals surface area contributed by atoms with E-state index in [1.54, 1.807) is 0 Å². The first-order valence-corrected chi connectivity index (χ1v) is 6.74. The summed E-state index contributed by atoms with van der Waals surface area (Å²) in [4.78, 5) is 2.53. The lowest BCUT2D eigenvalue weighted by Gasteiger charge is -2.37. The molecule has 3 nitrogen and oxygen atoms in total. The lowest BCUT2D eigenvalue weighted by molar-refractivity contribution is -0.0118. The number of nitrogens with zero attached hydrogens (tertiary/aromatic N) is 1. The number of ether oxygens (including phenoxy) is 1. The van der Waals surface area contributed by atoms with Gasteiger partial charge in [-0.2, -0.15) is 0 Å². The van der Waals surface area contributed by atoms with Crippen molar-refractivity contribution in [1.29, 1.82) is 0 Å². The van der Waals surface area contributed by atoms with Crippen molar-refractivity contribution in [2.24, 2.45) is 5.73 Å². The lowest BCUT2D eigenvalue weighted by Crippen LogP contribution is -2.46. The second-order valence-corrected chi connectivity index (χ2v) is 5.19. The van der Waals surface area contributed by atoms with Crippen LogP contribution >= 0.6 is 0 Å². The molecular formula is C13H28N2O. The maximum atomic E-state index is 5.86. The molecule has 0 radical (unpaired) electrons. The number of likely N-dealkylation sites (tertiary alicyclic amines) is 1. The van der Waals surface area contributed by atoms with Crippen LogP contribution in [0.1, 0.15) is 46.5 Å². The van der Waals surface area contributed by atoms with Gasteiger partial charge in [-0.3, -0.25) is 4.90 Å². The summed E-state index contributed by atoms with van der Waals surface area (Å²) >= 11 is 0. The smallest absolute Gasteiger partial charge is 0.0702 e. The molecule has 2 N–H and O–H groups in total. The highest BCUT2D eigenvalue weighted by Crippen LogP contribution is 2.17. The Kier molecular flexibility index (Phi) is 6.32. The standard InChI is InChI=1S/C13H28N2O/c1-4-8-16-13-6-5-7-15(10-13)12(3)9-11(2)14/h11-13H,4-10,14H2,1-3H3. The monoisotopic (exact) mass is 228 g/mol. The third kappa shape index (κ3) is 4.81. The SMILES string of the molecule is CCCOC1CCCN(C(C)CC(C)N)C1. The van der Waals surface area contributed by atoms with Crippen molar-refractivity contribution >= 4 is 0 Å². The van der Waals surface area contributed by atoms with Gasteiger partial charge in [-0.05, 0) is 46.1 Å². The van der Waals surface area contributed by atoms with Gasteiger partial charge in [0.2, 0.25) is 0 Å². The Labute approximate surface area is 100 Å². The van der Waals surface area contributed by atoms with Crippen molar-refractivity contribution in [2.45, 2.75) is 64.6 Å². The molecule has 1 aliphatic heterocycles. The van der Waals surface area contributed by atoms with Crippen LogP contribution in [0.2, 0.25) is 0 Å². The molecule has 0 aromatic carbocycles. The normalized spacial score (nSPS) is 26.6. The highest BCUT2D eigenvalue weighted by Gasteiger charge is 2.24. The molecule has 1 heterocycles. The first-order valence-electron chi connectivity index (χ1n) is 6.74. The maximum absolute atomic E-state index is 5.86. The van der Waals surface area contributed by atoms with Crippen molar-refractivity contribution in [2.75, 3.05) is 19.7 Å². The largest absolute Gasteiger partial charge is 0.377 e. The van der Waals surface area contributed by atoms with Crippen molar-refractivity contribution in [3.63, 3.8) is 0 Å². The molecule has 1 rings (SSSR count). The molecule has 0 amide bonds. The molecule has 1 aliphatic rings. The minimum atomic E-state index is 0.298. The van der Waals surface area contributed by atoms with Crippen molar-refractivity contribution < 1.29 is 4.74 Å². The fourth-order valence-corrected chi connectivity index (χ4v) is 2.47. The van der Waals surface area contributed by atoms with Crippen LogP contribution in [0, 0.1) is 0 Å². The fraction of sp³-hybridized carbons (Fsp3) is 1.00. The summed E-state index contributed by atoms with van der Waals surface area (Å²) in [7, 11) is 0. The molecule has 0 aromatic heterocycles.